The van der Waals surface area contributed by atoms with Gasteiger partial charge in [0.15, 0.2) is 5.13 Å². The fraction of sp³-hybridized carbons (Fsp3) is 0.125. The molecule has 0 saturated carbocycles. The van der Waals surface area contributed by atoms with Gasteiger partial charge in [0.1, 0.15) is 0 Å². The lowest BCUT2D eigenvalue weighted by Crippen LogP contribution is -2.24. The number of aromatic nitrogens is 1. The summed E-state index contributed by atoms with van der Waals surface area (Å²) in [6.07, 6.45) is 0.572. The number of nitrogens with zero attached hydrogens (tertiary/aromatic N) is 1. The summed E-state index contributed by atoms with van der Waals surface area (Å²) in [5.41, 5.74) is 3.90. The summed E-state index contributed by atoms with van der Waals surface area (Å²) in [7, 11) is 0. The third kappa shape index (κ3) is 5.81. The number of aliphatic carboxylic acids is 1. The minimum Gasteiger partial charge on any atom is -0.550 e. The molecule has 0 aliphatic rings. The van der Waals surface area contributed by atoms with Gasteiger partial charge in [-0.3, -0.25) is 10.1 Å². The minimum absolute atomic E-state index is 0.264. The summed E-state index contributed by atoms with van der Waals surface area (Å²) in [4.78, 5) is 28.9. The third-order valence-electron chi connectivity index (χ3n) is 4.69. The highest BCUT2D eigenvalue weighted by atomic mass is 32.1. The molecule has 2 aromatic carbocycles. The number of carboxylic acid groups (broad SMARTS) is 1. The van der Waals surface area contributed by atoms with E-state index < -0.39 is 5.97 Å². The third-order valence-corrected chi connectivity index (χ3v) is 6.58. The van der Waals surface area contributed by atoms with E-state index in [1.54, 1.807) is 11.4 Å². The molecule has 2 N–H and O–H groups in total. The molecule has 0 aliphatic heterocycles. The molecule has 8 heteroatoms. The Hall–Kier alpha value is -3.49. The molecule has 0 fully saturated rings. The molecule has 0 bridgehead atoms. The Morgan fingerprint density at radius 2 is 1.75 bits per heavy atom. The van der Waals surface area contributed by atoms with E-state index >= 15 is 0 Å². The summed E-state index contributed by atoms with van der Waals surface area (Å²) >= 11 is 2.59. The summed E-state index contributed by atoms with van der Waals surface area (Å²) in [6, 6.07) is 22.3. The van der Waals surface area contributed by atoms with Crippen LogP contribution in [0.3, 0.4) is 0 Å². The molecular formula is C24H20N3O3S2-. The molecule has 0 atom stereocenters. The summed E-state index contributed by atoms with van der Waals surface area (Å²) < 4.78 is 0. The van der Waals surface area contributed by atoms with Gasteiger partial charge in [0.2, 0.25) is 0 Å². The monoisotopic (exact) mass is 462 g/mol. The molecule has 1 amide bonds. The van der Waals surface area contributed by atoms with Crippen LogP contribution >= 0.6 is 22.7 Å². The van der Waals surface area contributed by atoms with Crippen LogP contribution in [0.2, 0.25) is 0 Å². The predicted molar refractivity (Wildman–Crippen MR) is 126 cm³/mol. The van der Waals surface area contributed by atoms with Gasteiger partial charge in [0.25, 0.3) is 5.91 Å². The van der Waals surface area contributed by atoms with E-state index in [-0.39, 0.29) is 12.3 Å². The van der Waals surface area contributed by atoms with Crippen molar-refractivity contribution in [3.8, 4) is 0 Å². The maximum atomic E-state index is 12.5. The first kappa shape index (κ1) is 21.7. The lowest BCUT2D eigenvalue weighted by atomic mass is 10.0. The molecule has 0 saturated heterocycles. The van der Waals surface area contributed by atoms with Crippen LogP contribution in [-0.4, -0.2) is 16.9 Å². The zero-order valence-electron chi connectivity index (χ0n) is 17.0. The zero-order chi connectivity index (χ0) is 22.3. The Labute approximate surface area is 193 Å². The molecule has 6 nitrogen and oxygen atoms in total. The normalized spacial score (nSPS) is 10.6. The Kier molecular flexibility index (Phi) is 6.94. The van der Waals surface area contributed by atoms with E-state index in [0.717, 1.165) is 17.0 Å². The van der Waals surface area contributed by atoms with E-state index in [9.17, 15) is 14.7 Å². The fourth-order valence-corrected chi connectivity index (χ4v) is 4.74. The van der Waals surface area contributed by atoms with E-state index in [1.807, 2.05) is 36.4 Å². The number of carboxylic acids is 1. The van der Waals surface area contributed by atoms with Crippen molar-refractivity contribution in [3.05, 3.63) is 98.7 Å². The second-order valence-corrected chi connectivity index (χ2v) is 9.11. The average molecular weight is 463 g/mol. The van der Waals surface area contributed by atoms with Crippen LogP contribution in [0.15, 0.2) is 72.1 Å². The van der Waals surface area contributed by atoms with Crippen molar-refractivity contribution in [2.45, 2.75) is 19.4 Å². The molecule has 2 heterocycles. The molecule has 0 spiro atoms. The SMILES string of the molecule is O=C([O-])Cc1csc(NC(=O)c2ccc(CNc3ccccc3Cc3ccccc3)s2)n1. The van der Waals surface area contributed by atoms with Gasteiger partial charge in [-0.15, -0.1) is 22.7 Å². The zero-order valence-corrected chi connectivity index (χ0v) is 18.7. The number of amides is 1. The predicted octanol–water partition coefficient (Wildman–Crippen LogP) is 3.95. The topological polar surface area (TPSA) is 94.1 Å². The number of nitrogens with one attached hydrogen (secondary N) is 2. The Bertz CT molecular complexity index is 1220. The van der Waals surface area contributed by atoms with Gasteiger partial charge in [0.05, 0.1) is 10.6 Å². The number of hydrogen-bond acceptors (Lipinski definition) is 7. The van der Waals surface area contributed by atoms with Crippen LogP contribution < -0.4 is 15.7 Å². The van der Waals surface area contributed by atoms with Gasteiger partial charge in [-0.25, -0.2) is 4.98 Å². The summed E-state index contributed by atoms with van der Waals surface area (Å²) in [5, 5.41) is 18.8. The first-order valence-corrected chi connectivity index (χ1v) is 11.7. The quantitative estimate of drug-likeness (QED) is 0.393. The van der Waals surface area contributed by atoms with Gasteiger partial charge >= 0.3 is 0 Å². The number of para-hydroxylation sites is 1. The van der Waals surface area contributed by atoms with Crippen molar-refractivity contribution in [1.29, 1.82) is 0 Å². The maximum Gasteiger partial charge on any atom is 0.267 e. The van der Waals surface area contributed by atoms with Crippen molar-refractivity contribution >= 4 is 45.4 Å². The summed E-state index contributed by atoms with van der Waals surface area (Å²) in [6.45, 7) is 0.608. The molecule has 4 rings (SSSR count). The van der Waals surface area contributed by atoms with Gasteiger partial charge in [-0.2, -0.15) is 0 Å². The van der Waals surface area contributed by atoms with Crippen molar-refractivity contribution in [2.24, 2.45) is 0 Å². The highest BCUT2D eigenvalue weighted by Crippen LogP contribution is 2.24. The number of carbonyl (C=O) groups excluding carboxylic acids is 2. The van der Waals surface area contributed by atoms with Gasteiger partial charge < -0.3 is 15.2 Å². The van der Waals surface area contributed by atoms with Crippen LogP contribution in [0.25, 0.3) is 0 Å². The van der Waals surface area contributed by atoms with Crippen LogP contribution in [-0.2, 0) is 24.2 Å². The van der Waals surface area contributed by atoms with Crippen molar-refractivity contribution in [1.82, 2.24) is 4.98 Å². The molecular weight excluding hydrogens is 442 g/mol. The molecule has 0 aliphatic carbocycles. The Morgan fingerprint density at radius 3 is 2.56 bits per heavy atom. The van der Waals surface area contributed by atoms with Crippen molar-refractivity contribution in [3.63, 3.8) is 0 Å². The number of rotatable bonds is 9. The second kappa shape index (κ2) is 10.2. The van der Waals surface area contributed by atoms with E-state index in [2.05, 4.69) is 39.9 Å². The molecule has 2 aromatic heterocycles. The van der Waals surface area contributed by atoms with Gasteiger partial charge in [-0.05, 0) is 35.7 Å². The van der Waals surface area contributed by atoms with Crippen molar-refractivity contribution < 1.29 is 14.7 Å². The first-order valence-electron chi connectivity index (χ1n) is 9.97. The molecule has 0 radical (unpaired) electrons. The fourth-order valence-electron chi connectivity index (χ4n) is 3.19. The number of carbonyl (C=O) groups is 2. The minimum atomic E-state index is -1.20. The van der Waals surface area contributed by atoms with Crippen molar-refractivity contribution in [2.75, 3.05) is 10.6 Å². The number of benzene rings is 2. The number of hydrogen-bond donors (Lipinski definition) is 2. The van der Waals surface area contributed by atoms with Crippen LogP contribution in [0, 0.1) is 0 Å². The van der Waals surface area contributed by atoms with E-state index in [0.29, 0.717) is 22.2 Å². The number of thiazole rings is 1. The molecule has 32 heavy (non-hydrogen) atoms. The number of anilines is 2. The smallest absolute Gasteiger partial charge is 0.267 e. The lowest BCUT2D eigenvalue weighted by Gasteiger charge is -2.11. The van der Waals surface area contributed by atoms with Gasteiger partial charge in [0, 0.05) is 34.9 Å². The van der Waals surface area contributed by atoms with Crippen LogP contribution in [0.5, 0.6) is 0 Å². The van der Waals surface area contributed by atoms with E-state index in [1.165, 1.54) is 33.8 Å². The Balaban J connectivity index is 1.36. The summed E-state index contributed by atoms with van der Waals surface area (Å²) in [5.74, 6) is -1.46. The molecule has 4 aromatic rings. The standard InChI is InChI=1S/C24H21N3O3S2/c28-22(29)13-18-15-31-24(26-18)27-23(30)21-11-10-19(32-21)14-25-20-9-5-4-8-17(20)12-16-6-2-1-3-7-16/h1-11,15,25H,12-14H2,(H,28,29)(H,26,27,30)/p-1. The number of thiophene rings is 1. The van der Waals surface area contributed by atoms with E-state index in [4.69, 9.17) is 0 Å². The maximum absolute atomic E-state index is 12.5. The highest BCUT2D eigenvalue weighted by molar-refractivity contribution is 7.15. The Morgan fingerprint density at radius 1 is 0.969 bits per heavy atom. The van der Waals surface area contributed by atoms with Crippen LogP contribution in [0.1, 0.15) is 31.4 Å². The average Bonchev–Trinajstić information content (AvgIpc) is 3.43. The second-order valence-electron chi connectivity index (χ2n) is 7.09. The lowest BCUT2D eigenvalue weighted by molar-refractivity contribution is -0.304. The largest absolute Gasteiger partial charge is 0.550 e. The van der Waals surface area contributed by atoms with Crippen LogP contribution in [0.4, 0.5) is 10.8 Å². The molecule has 162 valence electrons. The first-order chi connectivity index (χ1) is 15.6. The van der Waals surface area contributed by atoms with Gasteiger partial charge in [-0.1, -0.05) is 48.5 Å². The molecule has 0 unspecified atom stereocenters. The highest BCUT2D eigenvalue weighted by Gasteiger charge is 2.12.